The maximum Gasteiger partial charge on any atom is 0.224 e. The van der Waals surface area contributed by atoms with E-state index in [-0.39, 0.29) is 6.61 Å². The summed E-state index contributed by atoms with van der Waals surface area (Å²) in [5.74, 6) is 1.68. The molecular formula is C15H17NO3. The standard InChI is InChI=1S/C15H17NO3/c1-2-10-18-13-7-3-4-8-14(13)19-15-12(11-17)6-5-9-16-15/h3-9,17H,2,10-11H2,1H3. The molecule has 1 aromatic heterocycles. The zero-order chi connectivity index (χ0) is 13.5. The Kier molecular flexibility index (Phi) is 4.75. The van der Waals surface area contributed by atoms with Crippen molar-refractivity contribution in [1.82, 2.24) is 4.98 Å². The lowest BCUT2D eigenvalue weighted by atomic mass is 10.3. The van der Waals surface area contributed by atoms with E-state index in [0.29, 0.717) is 29.5 Å². The van der Waals surface area contributed by atoms with Gasteiger partial charge in [-0.2, -0.15) is 0 Å². The van der Waals surface area contributed by atoms with E-state index in [0.717, 1.165) is 6.42 Å². The highest BCUT2D eigenvalue weighted by Gasteiger charge is 2.09. The fourth-order valence-corrected chi connectivity index (χ4v) is 1.61. The summed E-state index contributed by atoms with van der Waals surface area (Å²) in [4.78, 5) is 4.13. The van der Waals surface area contributed by atoms with Gasteiger partial charge >= 0.3 is 0 Å². The fourth-order valence-electron chi connectivity index (χ4n) is 1.61. The van der Waals surface area contributed by atoms with Gasteiger partial charge in [-0.25, -0.2) is 4.98 Å². The van der Waals surface area contributed by atoms with Crippen molar-refractivity contribution in [3.63, 3.8) is 0 Å². The van der Waals surface area contributed by atoms with Crippen molar-refractivity contribution in [3.8, 4) is 17.4 Å². The van der Waals surface area contributed by atoms with Gasteiger partial charge in [-0.3, -0.25) is 0 Å². The number of pyridine rings is 1. The normalized spacial score (nSPS) is 10.2. The Labute approximate surface area is 112 Å². The number of para-hydroxylation sites is 2. The average Bonchev–Trinajstić information content (AvgIpc) is 2.47. The van der Waals surface area contributed by atoms with Crippen molar-refractivity contribution in [2.75, 3.05) is 6.61 Å². The summed E-state index contributed by atoms with van der Waals surface area (Å²) in [6.07, 6.45) is 2.56. The average molecular weight is 259 g/mol. The minimum Gasteiger partial charge on any atom is -0.490 e. The van der Waals surface area contributed by atoms with Crippen LogP contribution in [0.2, 0.25) is 0 Å². The van der Waals surface area contributed by atoms with E-state index < -0.39 is 0 Å². The summed E-state index contributed by atoms with van der Waals surface area (Å²) in [5.41, 5.74) is 0.646. The van der Waals surface area contributed by atoms with Crippen LogP contribution in [0.4, 0.5) is 0 Å². The number of benzene rings is 1. The lowest BCUT2D eigenvalue weighted by Crippen LogP contribution is -1.99. The van der Waals surface area contributed by atoms with Crippen molar-refractivity contribution in [1.29, 1.82) is 0 Å². The minimum atomic E-state index is -0.110. The molecule has 0 saturated heterocycles. The number of aromatic nitrogens is 1. The highest BCUT2D eigenvalue weighted by atomic mass is 16.5. The van der Waals surface area contributed by atoms with Gasteiger partial charge in [-0.15, -0.1) is 0 Å². The SMILES string of the molecule is CCCOc1ccccc1Oc1ncccc1CO. The summed E-state index contributed by atoms with van der Waals surface area (Å²) in [6.45, 7) is 2.57. The van der Waals surface area contributed by atoms with Gasteiger partial charge in [0.15, 0.2) is 11.5 Å². The second-order valence-electron chi connectivity index (χ2n) is 4.02. The van der Waals surface area contributed by atoms with Crippen LogP contribution in [0.15, 0.2) is 42.6 Å². The summed E-state index contributed by atoms with van der Waals surface area (Å²) < 4.78 is 11.3. The Bertz CT molecular complexity index is 528. The summed E-state index contributed by atoms with van der Waals surface area (Å²) >= 11 is 0. The number of nitrogens with zero attached hydrogens (tertiary/aromatic N) is 1. The Balaban J connectivity index is 2.22. The van der Waals surface area contributed by atoms with Gasteiger partial charge in [0, 0.05) is 11.8 Å². The Morgan fingerprint density at radius 1 is 1.11 bits per heavy atom. The van der Waals surface area contributed by atoms with Gasteiger partial charge in [-0.05, 0) is 30.7 Å². The van der Waals surface area contributed by atoms with Crippen molar-refractivity contribution in [2.24, 2.45) is 0 Å². The predicted molar refractivity (Wildman–Crippen MR) is 72.5 cm³/mol. The molecular weight excluding hydrogens is 242 g/mol. The molecule has 0 atom stereocenters. The van der Waals surface area contributed by atoms with Crippen LogP contribution in [-0.2, 0) is 6.61 Å². The quantitative estimate of drug-likeness (QED) is 0.865. The molecule has 2 rings (SSSR count). The lowest BCUT2D eigenvalue weighted by Gasteiger charge is -2.12. The third kappa shape index (κ3) is 3.45. The third-order valence-electron chi connectivity index (χ3n) is 2.54. The first-order chi connectivity index (χ1) is 9.35. The van der Waals surface area contributed by atoms with E-state index in [1.807, 2.05) is 31.2 Å². The molecule has 1 N–H and O–H groups in total. The van der Waals surface area contributed by atoms with Crippen molar-refractivity contribution in [2.45, 2.75) is 20.0 Å². The molecule has 0 fully saturated rings. The van der Waals surface area contributed by atoms with E-state index >= 15 is 0 Å². The van der Waals surface area contributed by atoms with Crippen LogP contribution < -0.4 is 9.47 Å². The van der Waals surface area contributed by atoms with Gasteiger partial charge in [0.2, 0.25) is 5.88 Å². The van der Waals surface area contributed by atoms with E-state index in [1.165, 1.54) is 0 Å². The Morgan fingerprint density at radius 2 is 1.89 bits per heavy atom. The number of hydrogen-bond donors (Lipinski definition) is 1. The van der Waals surface area contributed by atoms with Crippen LogP contribution in [-0.4, -0.2) is 16.7 Å². The van der Waals surface area contributed by atoms with Crippen LogP contribution in [0.5, 0.6) is 17.4 Å². The zero-order valence-electron chi connectivity index (χ0n) is 10.9. The second-order valence-corrected chi connectivity index (χ2v) is 4.02. The van der Waals surface area contributed by atoms with Crippen molar-refractivity contribution < 1.29 is 14.6 Å². The topological polar surface area (TPSA) is 51.6 Å². The largest absolute Gasteiger partial charge is 0.490 e. The minimum absolute atomic E-state index is 0.110. The molecule has 0 bridgehead atoms. The first kappa shape index (κ1) is 13.4. The molecule has 19 heavy (non-hydrogen) atoms. The third-order valence-corrected chi connectivity index (χ3v) is 2.54. The summed E-state index contributed by atoms with van der Waals surface area (Å²) in [7, 11) is 0. The molecule has 1 aromatic carbocycles. The molecule has 100 valence electrons. The van der Waals surface area contributed by atoms with E-state index in [2.05, 4.69) is 4.98 Å². The van der Waals surface area contributed by atoms with Gasteiger partial charge in [0.1, 0.15) is 0 Å². The van der Waals surface area contributed by atoms with Gasteiger partial charge in [0.05, 0.1) is 13.2 Å². The number of hydrogen-bond acceptors (Lipinski definition) is 4. The summed E-state index contributed by atoms with van der Waals surface area (Å²) in [5, 5.41) is 9.26. The smallest absolute Gasteiger partial charge is 0.224 e. The molecule has 0 aliphatic heterocycles. The molecule has 4 nitrogen and oxygen atoms in total. The van der Waals surface area contributed by atoms with Gasteiger partial charge < -0.3 is 14.6 Å². The maximum absolute atomic E-state index is 9.26. The first-order valence-corrected chi connectivity index (χ1v) is 6.29. The molecule has 0 aliphatic rings. The summed E-state index contributed by atoms with van der Waals surface area (Å²) in [6, 6.07) is 11.0. The molecule has 0 spiro atoms. The van der Waals surface area contributed by atoms with Crippen LogP contribution >= 0.6 is 0 Å². The zero-order valence-corrected chi connectivity index (χ0v) is 10.9. The molecule has 0 saturated carbocycles. The molecule has 2 aromatic rings. The number of ether oxygens (including phenoxy) is 2. The van der Waals surface area contributed by atoms with E-state index in [1.54, 1.807) is 18.3 Å². The highest BCUT2D eigenvalue weighted by Crippen LogP contribution is 2.31. The molecule has 0 amide bonds. The molecule has 0 unspecified atom stereocenters. The molecule has 0 aliphatic carbocycles. The van der Waals surface area contributed by atoms with Crippen molar-refractivity contribution in [3.05, 3.63) is 48.2 Å². The monoisotopic (exact) mass is 259 g/mol. The molecule has 0 radical (unpaired) electrons. The van der Waals surface area contributed by atoms with Crippen LogP contribution in [0, 0.1) is 0 Å². The first-order valence-electron chi connectivity index (χ1n) is 6.29. The predicted octanol–water partition coefficient (Wildman–Crippen LogP) is 3.16. The Hall–Kier alpha value is -2.07. The number of aliphatic hydroxyl groups is 1. The maximum atomic E-state index is 9.26. The van der Waals surface area contributed by atoms with Crippen LogP contribution in [0.1, 0.15) is 18.9 Å². The number of rotatable bonds is 6. The Morgan fingerprint density at radius 3 is 2.63 bits per heavy atom. The van der Waals surface area contributed by atoms with Gasteiger partial charge in [0.25, 0.3) is 0 Å². The lowest BCUT2D eigenvalue weighted by molar-refractivity contribution is 0.271. The van der Waals surface area contributed by atoms with Crippen molar-refractivity contribution >= 4 is 0 Å². The van der Waals surface area contributed by atoms with Crippen LogP contribution in [0.25, 0.3) is 0 Å². The van der Waals surface area contributed by atoms with E-state index in [4.69, 9.17) is 9.47 Å². The molecule has 1 heterocycles. The van der Waals surface area contributed by atoms with Crippen LogP contribution in [0.3, 0.4) is 0 Å². The second kappa shape index (κ2) is 6.75. The van der Waals surface area contributed by atoms with Gasteiger partial charge in [-0.1, -0.05) is 19.1 Å². The highest BCUT2D eigenvalue weighted by molar-refractivity contribution is 5.42. The fraction of sp³-hybridized carbons (Fsp3) is 0.267. The van der Waals surface area contributed by atoms with E-state index in [9.17, 15) is 5.11 Å². The number of aliphatic hydroxyl groups excluding tert-OH is 1. The molecule has 4 heteroatoms.